The molecule has 4 heteroatoms. The largest absolute Gasteiger partial charge is 0.443 e. The van der Waals surface area contributed by atoms with E-state index in [9.17, 15) is 4.79 Å². The SMILES string of the molecule is Cc1cccc(NC(=O)c2ncoc2-c2ccccc2)c1. The molecule has 1 heterocycles. The predicted octanol–water partition coefficient (Wildman–Crippen LogP) is 3.90. The van der Waals surface area contributed by atoms with Gasteiger partial charge in [0.15, 0.2) is 17.8 Å². The summed E-state index contributed by atoms with van der Waals surface area (Å²) in [6.45, 7) is 1.97. The number of anilines is 1. The monoisotopic (exact) mass is 278 g/mol. The minimum absolute atomic E-state index is 0.280. The fraction of sp³-hybridized carbons (Fsp3) is 0.0588. The van der Waals surface area contributed by atoms with Crippen LogP contribution in [0, 0.1) is 6.92 Å². The minimum atomic E-state index is -0.284. The molecule has 1 amide bonds. The maximum Gasteiger partial charge on any atom is 0.278 e. The lowest BCUT2D eigenvalue weighted by atomic mass is 10.1. The third-order valence-electron chi connectivity index (χ3n) is 3.09. The molecule has 0 aliphatic carbocycles. The number of hydrogen-bond donors (Lipinski definition) is 1. The van der Waals surface area contributed by atoms with Crippen LogP contribution in [0.5, 0.6) is 0 Å². The number of nitrogens with zero attached hydrogens (tertiary/aromatic N) is 1. The molecule has 3 rings (SSSR count). The molecule has 0 radical (unpaired) electrons. The van der Waals surface area contributed by atoms with Gasteiger partial charge in [-0.25, -0.2) is 4.98 Å². The van der Waals surface area contributed by atoms with Crippen molar-refractivity contribution in [3.8, 4) is 11.3 Å². The molecule has 0 fully saturated rings. The van der Waals surface area contributed by atoms with E-state index in [1.54, 1.807) is 0 Å². The second kappa shape index (κ2) is 5.63. The average Bonchev–Trinajstić information content (AvgIpc) is 2.98. The number of amides is 1. The maximum absolute atomic E-state index is 12.3. The Morgan fingerprint density at radius 2 is 1.90 bits per heavy atom. The minimum Gasteiger partial charge on any atom is -0.443 e. The second-order valence-corrected chi connectivity index (χ2v) is 4.72. The molecule has 0 aliphatic heterocycles. The Balaban J connectivity index is 1.88. The average molecular weight is 278 g/mol. The van der Waals surface area contributed by atoms with Crippen LogP contribution in [0.15, 0.2) is 65.4 Å². The van der Waals surface area contributed by atoms with Crippen molar-refractivity contribution >= 4 is 11.6 Å². The number of nitrogens with one attached hydrogen (secondary N) is 1. The quantitative estimate of drug-likeness (QED) is 0.790. The molecule has 21 heavy (non-hydrogen) atoms. The standard InChI is InChI=1S/C17H14N2O2/c1-12-6-5-9-14(10-12)19-17(20)15-16(21-11-18-15)13-7-3-2-4-8-13/h2-11H,1H3,(H,19,20). The first kappa shape index (κ1) is 13.1. The van der Waals surface area contributed by atoms with Gasteiger partial charge in [0.1, 0.15) is 0 Å². The Hall–Kier alpha value is -2.88. The van der Waals surface area contributed by atoms with Crippen molar-refractivity contribution in [1.82, 2.24) is 4.98 Å². The summed E-state index contributed by atoms with van der Waals surface area (Å²) in [7, 11) is 0. The lowest BCUT2D eigenvalue weighted by Gasteiger charge is -2.05. The number of aromatic nitrogens is 1. The van der Waals surface area contributed by atoms with Crippen molar-refractivity contribution in [2.24, 2.45) is 0 Å². The van der Waals surface area contributed by atoms with Gasteiger partial charge in [0.05, 0.1) is 0 Å². The summed E-state index contributed by atoms with van der Waals surface area (Å²) < 4.78 is 5.36. The normalized spacial score (nSPS) is 10.3. The molecule has 0 atom stereocenters. The summed E-state index contributed by atoms with van der Waals surface area (Å²) in [5.41, 5.74) is 2.92. The van der Waals surface area contributed by atoms with Gasteiger partial charge in [-0.05, 0) is 24.6 Å². The zero-order valence-corrected chi connectivity index (χ0v) is 11.5. The number of rotatable bonds is 3. The van der Waals surface area contributed by atoms with Crippen molar-refractivity contribution in [1.29, 1.82) is 0 Å². The molecule has 0 bridgehead atoms. The number of oxazole rings is 1. The highest BCUT2D eigenvalue weighted by atomic mass is 16.3. The van der Waals surface area contributed by atoms with E-state index in [0.717, 1.165) is 16.8 Å². The van der Waals surface area contributed by atoms with E-state index in [0.29, 0.717) is 5.76 Å². The number of hydrogen-bond acceptors (Lipinski definition) is 3. The highest BCUT2D eigenvalue weighted by molar-refractivity contribution is 6.06. The Bertz CT molecular complexity index is 763. The van der Waals surface area contributed by atoms with Gasteiger partial charge >= 0.3 is 0 Å². The van der Waals surface area contributed by atoms with E-state index in [-0.39, 0.29) is 11.6 Å². The molecule has 0 spiro atoms. The highest BCUT2D eigenvalue weighted by Crippen LogP contribution is 2.23. The lowest BCUT2D eigenvalue weighted by Crippen LogP contribution is -2.13. The van der Waals surface area contributed by atoms with Crippen LogP contribution in [0.25, 0.3) is 11.3 Å². The smallest absolute Gasteiger partial charge is 0.278 e. The number of carbonyl (C=O) groups is 1. The van der Waals surface area contributed by atoms with Crippen molar-refractivity contribution in [3.05, 3.63) is 72.2 Å². The van der Waals surface area contributed by atoms with Gasteiger partial charge in [-0.15, -0.1) is 0 Å². The van der Waals surface area contributed by atoms with E-state index < -0.39 is 0 Å². The van der Waals surface area contributed by atoms with Gasteiger partial charge in [0, 0.05) is 11.3 Å². The highest BCUT2D eigenvalue weighted by Gasteiger charge is 2.18. The van der Waals surface area contributed by atoms with Gasteiger partial charge < -0.3 is 9.73 Å². The van der Waals surface area contributed by atoms with Crippen LogP contribution < -0.4 is 5.32 Å². The summed E-state index contributed by atoms with van der Waals surface area (Å²) in [6, 6.07) is 17.1. The summed E-state index contributed by atoms with van der Waals surface area (Å²) in [6.07, 6.45) is 1.29. The molecule has 104 valence electrons. The van der Waals surface area contributed by atoms with Crippen LogP contribution in [0.3, 0.4) is 0 Å². The summed E-state index contributed by atoms with van der Waals surface area (Å²) in [5, 5.41) is 2.83. The molecule has 4 nitrogen and oxygen atoms in total. The fourth-order valence-corrected chi connectivity index (χ4v) is 2.12. The summed E-state index contributed by atoms with van der Waals surface area (Å²) in [5.74, 6) is 0.189. The molecule has 1 N–H and O–H groups in total. The fourth-order valence-electron chi connectivity index (χ4n) is 2.12. The molecule has 0 unspecified atom stereocenters. The molecule has 3 aromatic rings. The first-order chi connectivity index (χ1) is 10.2. The van der Waals surface area contributed by atoms with Gasteiger partial charge in [0.25, 0.3) is 5.91 Å². The first-order valence-corrected chi connectivity index (χ1v) is 6.61. The van der Waals surface area contributed by atoms with E-state index in [4.69, 9.17) is 4.42 Å². The van der Waals surface area contributed by atoms with Gasteiger partial charge in [-0.3, -0.25) is 4.79 Å². The first-order valence-electron chi connectivity index (χ1n) is 6.61. The van der Waals surface area contributed by atoms with Crippen LogP contribution in [0.4, 0.5) is 5.69 Å². The Morgan fingerprint density at radius 1 is 1.10 bits per heavy atom. The van der Waals surface area contributed by atoms with Crippen LogP contribution in [0.1, 0.15) is 16.1 Å². The van der Waals surface area contributed by atoms with Crippen LogP contribution in [-0.4, -0.2) is 10.9 Å². The van der Waals surface area contributed by atoms with Gasteiger partial charge in [-0.2, -0.15) is 0 Å². The Labute approximate surface area is 122 Å². The van der Waals surface area contributed by atoms with Crippen molar-refractivity contribution in [3.63, 3.8) is 0 Å². The number of carbonyl (C=O) groups excluding carboxylic acids is 1. The van der Waals surface area contributed by atoms with Crippen LogP contribution in [0.2, 0.25) is 0 Å². The van der Waals surface area contributed by atoms with Crippen molar-refractivity contribution in [2.75, 3.05) is 5.32 Å². The number of aryl methyl sites for hydroxylation is 1. The Kier molecular flexibility index (Phi) is 3.51. The number of benzene rings is 2. The zero-order valence-electron chi connectivity index (χ0n) is 11.5. The van der Waals surface area contributed by atoms with E-state index in [1.807, 2.05) is 61.5 Å². The molecular formula is C17H14N2O2. The topological polar surface area (TPSA) is 55.1 Å². The molecule has 2 aromatic carbocycles. The molecule has 0 aliphatic rings. The van der Waals surface area contributed by atoms with Crippen LogP contribution >= 0.6 is 0 Å². The van der Waals surface area contributed by atoms with E-state index >= 15 is 0 Å². The second-order valence-electron chi connectivity index (χ2n) is 4.72. The lowest BCUT2D eigenvalue weighted by molar-refractivity contribution is 0.102. The summed E-state index contributed by atoms with van der Waals surface area (Å²) >= 11 is 0. The van der Waals surface area contributed by atoms with Crippen LogP contribution in [-0.2, 0) is 0 Å². The molecule has 0 saturated carbocycles. The van der Waals surface area contributed by atoms with Crippen molar-refractivity contribution in [2.45, 2.75) is 6.92 Å². The third-order valence-corrected chi connectivity index (χ3v) is 3.09. The van der Waals surface area contributed by atoms with E-state index in [2.05, 4.69) is 10.3 Å². The molecule has 1 aromatic heterocycles. The molecular weight excluding hydrogens is 264 g/mol. The third kappa shape index (κ3) is 2.84. The predicted molar refractivity (Wildman–Crippen MR) is 81.1 cm³/mol. The zero-order chi connectivity index (χ0) is 14.7. The molecule has 0 saturated heterocycles. The maximum atomic E-state index is 12.3. The van der Waals surface area contributed by atoms with Gasteiger partial charge in [-0.1, -0.05) is 42.5 Å². The summed E-state index contributed by atoms with van der Waals surface area (Å²) in [4.78, 5) is 16.4. The van der Waals surface area contributed by atoms with Gasteiger partial charge in [0.2, 0.25) is 0 Å². The van der Waals surface area contributed by atoms with Crippen molar-refractivity contribution < 1.29 is 9.21 Å². The Morgan fingerprint density at radius 3 is 2.67 bits per heavy atom. The van der Waals surface area contributed by atoms with E-state index in [1.165, 1.54) is 6.39 Å².